The maximum absolute atomic E-state index is 13.3. The number of aryl methyl sites for hydroxylation is 1. The molecule has 5 heteroatoms. The highest BCUT2D eigenvalue weighted by molar-refractivity contribution is 6.08. The van der Waals surface area contributed by atoms with Crippen molar-refractivity contribution >= 4 is 17.8 Å². The van der Waals surface area contributed by atoms with Crippen LogP contribution in [0.15, 0.2) is 65.5 Å². The van der Waals surface area contributed by atoms with Gasteiger partial charge in [-0.3, -0.25) is 4.79 Å². The van der Waals surface area contributed by atoms with Crippen molar-refractivity contribution in [1.82, 2.24) is 0 Å². The van der Waals surface area contributed by atoms with E-state index in [-0.39, 0.29) is 5.78 Å². The second-order valence-corrected chi connectivity index (χ2v) is 11.5. The number of hydrogen-bond acceptors (Lipinski definition) is 4. The lowest BCUT2D eigenvalue weighted by atomic mass is 9.84. The van der Waals surface area contributed by atoms with Crippen LogP contribution in [-0.4, -0.2) is 35.7 Å². The minimum Gasteiger partial charge on any atom is -0.485 e. The topological polar surface area (TPSA) is 72.8 Å². The first-order valence-corrected chi connectivity index (χ1v) is 15.6. The molecule has 1 aliphatic carbocycles. The molecule has 0 heterocycles. The molecule has 0 aliphatic heterocycles. The SMILES string of the molecule is CCCCCCCc1ccc(C=CC(=O)C2=C(OCC(=O)O)CC(CCCCCCC)(OCC=C(C)C)C=C2)cc1. The summed E-state index contributed by atoms with van der Waals surface area (Å²) in [7, 11) is 0. The van der Waals surface area contributed by atoms with Crippen molar-refractivity contribution in [2.75, 3.05) is 13.2 Å². The molecule has 0 radical (unpaired) electrons. The largest absolute Gasteiger partial charge is 0.485 e. The predicted octanol–water partition coefficient (Wildman–Crippen LogP) is 9.18. The zero-order chi connectivity index (χ0) is 29.9. The number of carbonyl (C=O) groups is 2. The number of aliphatic carboxylic acids is 1. The number of carbonyl (C=O) groups excluding carboxylic acids is 1. The lowest BCUT2D eigenvalue weighted by Gasteiger charge is -2.34. The molecule has 0 saturated heterocycles. The molecule has 1 unspecified atom stereocenters. The van der Waals surface area contributed by atoms with Crippen molar-refractivity contribution in [1.29, 1.82) is 0 Å². The minimum absolute atomic E-state index is 0.206. The van der Waals surface area contributed by atoms with Gasteiger partial charge in [-0.15, -0.1) is 0 Å². The Morgan fingerprint density at radius 1 is 0.927 bits per heavy atom. The number of benzene rings is 1. The van der Waals surface area contributed by atoms with E-state index in [1.807, 2.05) is 44.2 Å². The molecular weight excluding hydrogens is 512 g/mol. The molecule has 1 aliphatic rings. The molecule has 226 valence electrons. The molecule has 0 bridgehead atoms. The first kappa shape index (κ1) is 34.3. The molecule has 2 rings (SSSR count). The molecule has 5 nitrogen and oxygen atoms in total. The third-order valence-corrected chi connectivity index (χ3v) is 7.49. The van der Waals surface area contributed by atoms with Crippen LogP contribution in [0.4, 0.5) is 0 Å². The molecule has 1 aromatic carbocycles. The molecule has 0 saturated carbocycles. The van der Waals surface area contributed by atoms with Gasteiger partial charge in [-0.1, -0.05) is 120 Å². The van der Waals surface area contributed by atoms with Crippen LogP contribution in [0, 0.1) is 0 Å². The minimum atomic E-state index is -1.07. The maximum atomic E-state index is 13.3. The van der Waals surface area contributed by atoms with Crippen molar-refractivity contribution in [2.24, 2.45) is 0 Å². The lowest BCUT2D eigenvalue weighted by molar-refractivity contribution is -0.141. The van der Waals surface area contributed by atoms with Gasteiger partial charge in [0, 0.05) is 6.42 Å². The van der Waals surface area contributed by atoms with Gasteiger partial charge in [-0.05, 0) is 56.4 Å². The van der Waals surface area contributed by atoms with Crippen LogP contribution >= 0.6 is 0 Å². The zero-order valence-electron chi connectivity index (χ0n) is 25.9. The molecule has 0 amide bonds. The number of carboxylic acids is 1. The van der Waals surface area contributed by atoms with Gasteiger partial charge in [0.1, 0.15) is 5.76 Å². The predicted molar refractivity (Wildman–Crippen MR) is 169 cm³/mol. The smallest absolute Gasteiger partial charge is 0.341 e. The van der Waals surface area contributed by atoms with Gasteiger partial charge < -0.3 is 14.6 Å². The molecule has 1 atom stereocenters. The molecule has 0 aromatic heterocycles. The van der Waals surface area contributed by atoms with Crippen LogP contribution < -0.4 is 0 Å². The number of hydrogen-bond donors (Lipinski definition) is 1. The van der Waals surface area contributed by atoms with E-state index in [4.69, 9.17) is 9.47 Å². The van der Waals surface area contributed by atoms with Gasteiger partial charge in [0.25, 0.3) is 0 Å². The molecule has 1 N–H and O–H groups in total. The van der Waals surface area contributed by atoms with Crippen LogP contribution in [0.5, 0.6) is 0 Å². The van der Waals surface area contributed by atoms with Crippen LogP contribution in [0.1, 0.15) is 116 Å². The van der Waals surface area contributed by atoms with Gasteiger partial charge in [0.15, 0.2) is 12.4 Å². The van der Waals surface area contributed by atoms with Crippen molar-refractivity contribution in [3.05, 3.63) is 76.6 Å². The van der Waals surface area contributed by atoms with Gasteiger partial charge in [-0.25, -0.2) is 4.79 Å². The summed E-state index contributed by atoms with van der Waals surface area (Å²) in [6.07, 6.45) is 23.3. The Morgan fingerprint density at radius 3 is 2.22 bits per heavy atom. The fourth-order valence-corrected chi connectivity index (χ4v) is 4.99. The Labute approximate surface area is 248 Å². The average Bonchev–Trinajstić information content (AvgIpc) is 2.95. The number of unbranched alkanes of at least 4 members (excludes halogenated alkanes) is 8. The Bertz CT molecular complexity index is 1060. The lowest BCUT2D eigenvalue weighted by Crippen LogP contribution is -2.35. The first-order chi connectivity index (χ1) is 19.8. The summed E-state index contributed by atoms with van der Waals surface area (Å²) in [4.78, 5) is 24.6. The summed E-state index contributed by atoms with van der Waals surface area (Å²) in [5.41, 5.74) is 3.19. The monoisotopic (exact) mass is 564 g/mol. The van der Waals surface area contributed by atoms with Crippen LogP contribution in [-0.2, 0) is 25.5 Å². The molecular formula is C36H52O5. The first-order valence-electron chi connectivity index (χ1n) is 15.6. The highest BCUT2D eigenvalue weighted by atomic mass is 16.5. The van der Waals surface area contributed by atoms with Crippen LogP contribution in [0.2, 0.25) is 0 Å². The standard InChI is InChI=1S/C36H52O5/c1-5-7-9-11-13-15-30-16-18-31(19-17-30)20-21-33(37)32-22-25-36(41-26-23-29(3)4,24-14-12-10-8-6-2)27-34(32)40-28-35(38)39/h16-23,25H,5-15,24,26-28H2,1-4H3,(H,38,39). The van der Waals surface area contributed by atoms with Crippen LogP contribution in [0.25, 0.3) is 6.08 Å². The second-order valence-electron chi connectivity index (χ2n) is 11.5. The highest BCUT2D eigenvalue weighted by Crippen LogP contribution is 2.36. The van der Waals surface area contributed by atoms with E-state index >= 15 is 0 Å². The molecule has 1 aromatic rings. The Hall–Kier alpha value is -2.92. The van der Waals surface area contributed by atoms with Crippen molar-refractivity contribution < 1.29 is 24.2 Å². The van der Waals surface area contributed by atoms with E-state index in [2.05, 4.69) is 26.0 Å². The Kier molecular flexibility index (Phi) is 16.1. The van der Waals surface area contributed by atoms with Gasteiger partial charge >= 0.3 is 5.97 Å². The highest BCUT2D eigenvalue weighted by Gasteiger charge is 2.35. The maximum Gasteiger partial charge on any atom is 0.341 e. The Balaban J connectivity index is 2.15. The van der Waals surface area contributed by atoms with E-state index in [1.165, 1.54) is 62.5 Å². The normalized spacial score (nSPS) is 16.8. The van der Waals surface area contributed by atoms with Crippen molar-refractivity contribution in [3.8, 4) is 0 Å². The van der Waals surface area contributed by atoms with Crippen molar-refractivity contribution in [2.45, 2.75) is 117 Å². The molecule has 0 spiro atoms. The summed E-state index contributed by atoms with van der Waals surface area (Å²) in [6, 6.07) is 8.34. The molecule has 0 fully saturated rings. The van der Waals surface area contributed by atoms with E-state index in [1.54, 1.807) is 12.2 Å². The fraction of sp³-hybridized carbons (Fsp3) is 0.556. The van der Waals surface area contributed by atoms with Crippen LogP contribution in [0.3, 0.4) is 0 Å². The van der Waals surface area contributed by atoms with E-state index in [0.29, 0.717) is 24.4 Å². The van der Waals surface area contributed by atoms with Gasteiger partial charge in [0.2, 0.25) is 0 Å². The quantitative estimate of drug-likeness (QED) is 0.0915. The summed E-state index contributed by atoms with van der Waals surface area (Å²) in [6.45, 7) is 8.44. The zero-order valence-corrected chi connectivity index (χ0v) is 25.9. The fourth-order valence-electron chi connectivity index (χ4n) is 4.99. The second kappa shape index (κ2) is 19.2. The van der Waals surface area contributed by atoms with E-state index < -0.39 is 18.2 Å². The number of allylic oxidation sites excluding steroid dienone is 4. The summed E-state index contributed by atoms with van der Waals surface area (Å²) in [5.74, 6) is -0.897. The third kappa shape index (κ3) is 13.5. The van der Waals surface area contributed by atoms with Gasteiger partial charge in [-0.2, -0.15) is 0 Å². The number of ketones is 1. The summed E-state index contributed by atoms with van der Waals surface area (Å²) in [5, 5.41) is 9.29. The average molecular weight is 565 g/mol. The Morgan fingerprint density at radius 2 is 1.59 bits per heavy atom. The number of rotatable bonds is 21. The van der Waals surface area contributed by atoms with Crippen molar-refractivity contribution in [3.63, 3.8) is 0 Å². The number of carboxylic acid groups (broad SMARTS) is 1. The van der Waals surface area contributed by atoms with E-state index in [9.17, 15) is 14.7 Å². The molecule has 41 heavy (non-hydrogen) atoms. The van der Waals surface area contributed by atoms with E-state index in [0.717, 1.165) is 31.2 Å². The summed E-state index contributed by atoms with van der Waals surface area (Å²) < 4.78 is 12.1. The number of ether oxygens (including phenoxy) is 2. The third-order valence-electron chi connectivity index (χ3n) is 7.49. The summed E-state index contributed by atoms with van der Waals surface area (Å²) >= 11 is 0. The van der Waals surface area contributed by atoms with Gasteiger partial charge in [0.05, 0.1) is 17.8 Å².